The molecule has 0 bridgehead atoms. The van der Waals surface area contributed by atoms with Crippen LogP contribution in [-0.4, -0.2) is 31.7 Å². The van der Waals surface area contributed by atoms with Crippen LogP contribution in [0.15, 0.2) is 47.4 Å². The van der Waals surface area contributed by atoms with E-state index in [-0.39, 0.29) is 17.0 Å². The van der Waals surface area contributed by atoms with Gasteiger partial charge in [0.05, 0.1) is 46.2 Å². The minimum absolute atomic E-state index is 0.0130. The Labute approximate surface area is 206 Å². The predicted molar refractivity (Wildman–Crippen MR) is 133 cm³/mol. The normalized spacial score (nSPS) is 11.3. The molecular weight excluding hydrogens is 468 g/mol. The number of ether oxygens (including phenoxy) is 1. The van der Waals surface area contributed by atoms with Crippen molar-refractivity contribution in [3.63, 3.8) is 0 Å². The highest BCUT2D eigenvalue weighted by Gasteiger charge is 2.20. The monoisotopic (exact) mass is 490 g/mol. The molecule has 10 heteroatoms. The fourth-order valence-electron chi connectivity index (χ4n) is 3.82. The summed E-state index contributed by atoms with van der Waals surface area (Å²) in [4.78, 5) is 24.7. The third kappa shape index (κ3) is 4.88. The van der Waals surface area contributed by atoms with Crippen molar-refractivity contribution in [3.8, 4) is 28.5 Å². The number of carbonyl (C=O) groups excluding carboxylic acids is 1. The van der Waals surface area contributed by atoms with Gasteiger partial charge in [0.2, 0.25) is 0 Å². The average molecular weight is 491 g/mol. The molecule has 0 saturated carbocycles. The van der Waals surface area contributed by atoms with Crippen molar-refractivity contribution >= 4 is 28.5 Å². The van der Waals surface area contributed by atoms with E-state index in [1.54, 1.807) is 63.0 Å². The minimum atomic E-state index is -0.655. The average Bonchev–Trinajstić information content (AvgIpc) is 3.18. The molecule has 0 fully saturated rings. The van der Waals surface area contributed by atoms with Gasteiger partial charge < -0.3 is 10.1 Å². The first kappa shape index (κ1) is 24.0. The molecule has 2 N–H and O–H groups in total. The lowest BCUT2D eigenvalue weighted by Crippen LogP contribution is -2.32. The third-order valence-corrected chi connectivity index (χ3v) is 5.57. The van der Waals surface area contributed by atoms with Crippen molar-refractivity contribution in [1.29, 1.82) is 5.26 Å². The molecule has 2 aromatic carbocycles. The van der Waals surface area contributed by atoms with Crippen LogP contribution in [0.4, 0.5) is 4.79 Å². The third-order valence-electron chi connectivity index (χ3n) is 5.27. The number of aromatic amines is 1. The Balaban J connectivity index is 1.83. The van der Waals surface area contributed by atoms with E-state index in [9.17, 15) is 14.9 Å². The Morgan fingerprint density at radius 3 is 2.71 bits per heavy atom. The van der Waals surface area contributed by atoms with E-state index in [2.05, 4.69) is 26.7 Å². The highest BCUT2D eigenvalue weighted by Crippen LogP contribution is 2.37. The smallest absolute Gasteiger partial charge is 0.407 e. The summed E-state index contributed by atoms with van der Waals surface area (Å²) in [7, 11) is 1.79. The molecule has 1 amide bonds. The van der Waals surface area contributed by atoms with Gasteiger partial charge in [-0.2, -0.15) is 15.5 Å². The van der Waals surface area contributed by atoms with Gasteiger partial charge in [-0.3, -0.25) is 9.48 Å². The quantitative estimate of drug-likeness (QED) is 0.432. The highest BCUT2D eigenvalue weighted by molar-refractivity contribution is 6.36. The largest absolute Gasteiger partial charge is 0.444 e. The molecule has 0 aliphatic rings. The number of nitriles is 1. The molecule has 4 aromatic rings. The predicted octanol–water partition coefficient (Wildman–Crippen LogP) is 4.54. The van der Waals surface area contributed by atoms with Gasteiger partial charge in [0, 0.05) is 23.6 Å². The zero-order valence-electron chi connectivity index (χ0n) is 19.6. The summed E-state index contributed by atoms with van der Waals surface area (Å²) < 4.78 is 6.97. The number of alkyl carbamates (subject to hydrolysis) is 1. The van der Waals surface area contributed by atoms with Gasteiger partial charge in [0.25, 0.3) is 5.56 Å². The maximum atomic E-state index is 12.5. The lowest BCUT2D eigenvalue weighted by atomic mass is 9.96. The van der Waals surface area contributed by atoms with Gasteiger partial charge in [-0.05, 0) is 44.5 Å². The van der Waals surface area contributed by atoms with Crippen molar-refractivity contribution < 1.29 is 9.53 Å². The highest BCUT2D eigenvalue weighted by atomic mass is 35.5. The molecule has 0 aliphatic carbocycles. The van der Waals surface area contributed by atoms with Crippen LogP contribution in [0.1, 0.15) is 32.0 Å². The fourth-order valence-corrected chi connectivity index (χ4v) is 4.12. The van der Waals surface area contributed by atoms with E-state index in [0.717, 1.165) is 16.8 Å². The van der Waals surface area contributed by atoms with Gasteiger partial charge >= 0.3 is 6.09 Å². The zero-order chi connectivity index (χ0) is 25.3. The summed E-state index contributed by atoms with van der Waals surface area (Å²) in [5, 5.41) is 24.2. The van der Waals surface area contributed by atoms with Gasteiger partial charge in [-0.15, -0.1) is 0 Å². The molecule has 0 atom stereocenters. The van der Waals surface area contributed by atoms with E-state index < -0.39 is 17.3 Å². The minimum Gasteiger partial charge on any atom is -0.444 e. The topological polar surface area (TPSA) is 126 Å². The van der Waals surface area contributed by atoms with Crippen molar-refractivity contribution in [2.24, 2.45) is 7.05 Å². The second-order valence-corrected chi connectivity index (χ2v) is 9.33. The number of amides is 1. The number of aryl methyl sites for hydroxylation is 1. The Hall–Kier alpha value is -4.16. The molecule has 0 saturated heterocycles. The van der Waals surface area contributed by atoms with Crippen LogP contribution >= 0.6 is 11.6 Å². The molecule has 9 nitrogen and oxygen atoms in total. The Kier molecular flexibility index (Phi) is 6.33. The van der Waals surface area contributed by atoms with E-state index >= 15 is 0 Å². The number of halogens is 1. The van der Waals surface area contributed by atoms with Crippen molar-refractivity contribution in [3.05, 3.63) is 69.2 Å². The van der Waals surface area contributed by atoms with Gasteiger partial charge in [-0.1, -0.05) is 29.8 Å². The number of aromatic nitrogens is 4. The molecule has 4 rings (SSSR count). The Bertz CT molecular complexity index is 1540. The molecule has 0 radical (unpaired) electrons. The summed E-state index contributed by atoms with van der Waals surface area (Å²) >= 11 is 6.56. The van der Waals surface area contributed by atoms with Gasteiger partial charge in [-0.25, -0.2) is 9.89 Å². The van der Waals surface area contributed by atoms with Crippen LogP contribution in [0.25, 0.3) is 33.2 Å². The molecule has 178 valence electrons. The van der Waals surface area contributed by atoms with Crippen LogP contribution < -0.4 is 10.9 Å². The van der Waals surface area contributed by atoms with Crippen LogP contribution in [0.5, 0.6) is 0 Å². The first-order chi connectivity index (χ1) is 16.6. The number of carbonyl (C=O) groups is 1. The molecule has 35 heavy (non-hydrogen) atoms. The van der Waals surface area contributed by atoms with E-state index in [0.29, 0.717) is 22.2 Å². The van der Waals surface area contributed by atoms with Crippen LogP contribution in [-0.2, 0) is 18.3 Å². The standard InChI is InChI=1S/C25H23ClN6O3/c1-25(2,3)35-24(34)28-13-20-17-9-15(10-19(26)21(17)23(33)31-30-20)18-12-29-32(4)22(18)16-8-6-5-7-14(16)11-27/h5-10,12H,13H2,1-4H3,(H,28,34)(H,31,33). The summed E-state index contributed by atoms with van der Waals surface area (Å²) in [5.41, 5.74) is 2.67. The number of fused-ring (bicyclic) bond motifs is 1. The maximum absolute atomic E-state index is 12.5. The number of benzene rings is 2. The number of hydrogen-bond donors (Lipinski definition) is 2. The van der Waals surface area contributed by atoms with E-state index in [1.165, 1.54) is 0 Å². The Morgan fingerprint density at radius 2 is 2.00 bits per heavy atom. The molecular formula is C25H23ClN6O3. The lowest BCUT2D eigenvalue weighted by Gasteiger charge is -2.19. The van der Waals surface area contributed by atoms with Crippen LogP contribution in [0, 0.1) is 11.3 Å². The summed E-state index contributed by atoms with van der Waals surface area (Å²) in [6.07, 6.45) is 1.07. The van der Waals surface area contributed by atoms with E-state index in [4.69, 9.17) is 16.3 Å². The number of nitrogens with zero attached hydrogens (tertiary/aromatic N) is 4. The van der Waals surface area contributed by atoms with Crippen LogP contribution in [0.2, 0.25) is 5.02 Å². The first-order valence-electron chi connectivity index (χ1n) is 10.8. The zero-order valence-corrected chi connectivity index (χ0v) is 20.4. The number of nitrogens with one attached hydrogen (secondary N) is 2. The fraction of sp³-hybridized carbons (Fsp3) is 0.240. The molecule has 0 aliphatic heterocycles. The molecule has 2 aromatic heterocycles. The SMILES string of the molecule is Cn1ncc(-c2cc(Cl)c3c(=O)[nH]nc(CNC(=O)OC(C)(C)C)c3c2)c1-c1ccccc1C#N. The molecule has 0 unspecified atom stereocenters. The van der Waals surface area contributed by atoms with E-state index in [1.807, 2.05) is 12.1 Å². The first-order valence-corrected chi connectivity index (χ1v) is 11.2. The second kappa shape index (κ2) is 9.24. The number of rotatable bonds is 4. The van der Waals surface area contributed by atoms with Crippen molar-refractivity contribution in [1.82, 2.24) is 25.3 Å². The van der Waals surface area contributed by atoms with Crippen LogP contribution in [0.3, 0.4) is 0 Å². The molecule has 0 spiro atoms. The lowest BCUT2D eigenvalue weighted by molar-refractivity contribution is 0.0523. The summed E-state index contributed by atoms with van der Waals surface area (Å²) in [6.45, 7) is 5.31. The van der Waals surface area contributed by atoms with Crippen molar-refractivity contribution in [2.75, 3.05) is 0 Å². The van der Waals surface area contributed by atoms with Gasteiger partial charge in [0.15, 0.2) is 0 Å². The van der Waals surface area contributed by atoms with Gasteiger partial charge in [0.1, 0.15) is 5.60 Å². The van der Waals surface area contributed by atoms with Crippen molar-refractivity contribution in [2.45, 2.75) is 32.9 Å². The summed E-state index contributed by atoms with van der Waals surface area (Å²) in [5.74, 6) is 0. The maximum Gasteiger partial charge on any atom is 0.407 e. The number of H-pyrrole nitrogens is 1. The number of hydrogen-bond acceptors (Lipinski definition) is 6. The summed E-state index contributed by atoms with van der Waals surface area (Å²) in [6, 6.07) is 12.9. The second-order valence-electron chi connectivity index (χ2n) is 8.92. The molecule has 2 heterocycles. The Morgan fingerprint density at radius 1 is 1.26 bits per heavy atom.